The molecule has 1 heterocycles. The van der Waals surface area contributed by atoms with Gasteiger partial charge in [-0.3, -0.25) is 10.1 Å². The van der Waals surface area contributed by atoms with Gasteiger partial charge in [-0.15, -0.1) is 0 Å². The van der Waals surface area contributed by atoms with E-state index in [1.54, 1.807) is 12.1 Å². The number of hydrogen-bond acceptors (Lipinski definition) is 3. The van der Waals surface area contributed by atoms with Crippen LogP contribution in [-0.4, -0.2) is 17.6 Å². The maximum absolute atomic E-state index is 10.4. The van der Waals surface area contributed by atoms with Crippen molar-refractivity contribution in [3.05, 3.63) is 39.9 Å². The number of non-ortho nitro benzene ring substituents is 1. The van der Waals surface area contributed by atoms with Crippen LogP contribution in [0.4, 0.5) is 5.69 Å². The van der Waals surface area contributed by atoms with Gasteiger partial charge in [0.15, 0.2) is 0 Å². The minimum atomic E-state index is -0.378. The minimum absolute atomic E-state index is 0.151. The van der Waals surface area contributed by atoms with Gasteiger partial charge in [0.1, 0.15) is 0 Å². The summed E-state index contributed by atoms with van der Waals surface area (Å²) >= 11 is 0. The average molecular weight is 179 g/mol. The van der Waals surface area contributed by atoms with E-state index >= 15 is 0 Å². The molecule has 0 aromatic heterocycles. The lowest BCUT2D eigenvalue weighted by Crippen LogP contribution is -1.94. The summed E-state index contributed by atoms with van der Waals surface area (Å²) in [7, 11) is 0. The van der Waals surface area contributed by atoms with Crippen molar-refractivity contribution in [2.45, 2.75) is 12.5 Å². The normalized spacial score (nSPS) is 19.8. The maximum atomic E-state index is 10.4. The van der Waals surface area contributed by atoms with Crippen LogP contribution in [0.1, 0.15) is 5.56 Å². The highest BCUT2D eigenvalue weighted by Gasteiger charge is 2.23. The lowest BCUT2D eigenvalue weighted by molar-refractivity contribution is -0.384. The second-order valence-corrected chi connectivity index (χ2v) is 3.09. The summed E-state index contributed by atoms with van der Waals surface area (Å²) in [6.45, 7) is 0.780. The highest BCUT2D eigenvalue weighted by Crippen LogP contribution is 2.19. The maximum Gasteiger partial charge on any atom is 0.269 e. The fraction of sp³-hybridized carbons (Fsp3) is 0.333. The van der Waals surface area contributed by atoms with Gasteiger partial charge in [0.25, 0.3) is 5.69 Å². The molecule has 68 valence electrons. The van der Waals surface area contributed by atoms with Crippen LogP contribution < -0.4 is 0 Å². The molecule has 4 heteroatoms. The molecule has 1 fully saturated rings. The zero-order chi connectivity index (χ0) is 9.26. The summed E-state index contributed by atoms with van der Waals surface area (Å²) in [5, 5.41) is 10.4. The van der Waals surface area contributed by atoms with Crippen LogP contribution in [0.25, 0.3) is 0 Å². The summed E-state index contributed by atoms with van der Waals surface area (Å²) in [5.74, 6) is 0. The molecule has 0 bridgehead atoms. The number of nitro benzene ring substituents is 1. The number of nitrogens with zero attached hydrogens (tertiary/aromatic N) is 1. The molecule has 1 aromatic carbocycles. The molecule has 0 amide bonds. The quantitative estimate of drug-likeness (QED) is 0.401. The van der Waals surface area contributed by atoms with Gasteiger partial charge in [0, 0.05) is 18.6 Å². The monoisotopic (exact) mass is 179 g/mol. The van der Waals surface area contributed by atoms with Crippen LogP contribution >= 0.6 is 0 Å². The Bertz CT molecular complexity index is 333. The minimum Gasteiger partial charge on any atom is -0.373 e. The topological polar surface area (TPSA) is 55.7 Å². The first-order valence-corrected chi connectivity index (χ1v) is 4.10. The van der Waals surface area contributed by atoms with E-state index in [0.29, 0.717) is 0 Å². The molecule has 1 aromatic rings. The van der Waals surface area contributed by atoms with Gasteiger partial charge in [0.2, 0.25) is 0 Å². The van der Waals surface area contributed by atoms with Crippen molar-refractivity contribution in [3.8, 4) is 0 Å². The SMILES string of the molecule is O=[N+]([O-])c1cccc(C[C@@H]2CO2)c1. The van der Waals surface area contributed by atoms with Crippen molar-refractivity contribution in [2.24, 2.45) is 0 Å². The molecule has 0 aliphatic carbocycles. The predicted molar refractivity (Wildman–Crippen MR) is 46.5 cm³/mol. The summed E-state index contributed by atoms with van der Waals surface area (Å²) in [6.07, 6.45) is 1.06. The van der Waals surface area contributed by atoms with E-state index in [4.69, 9.17) is 4.74 Å². The molecule has 0 unspecified atom stereocenters. The highest BCUT2D eigenvalue weighted by molar-refractivity contribution is 5.34. The van der Waals surface area contributed by atoms with Crippen LogP contribution in [-0.2, 0) is 11.2 Å². The molecule has 0 N–H and O–H groups in total. The second-order valence-electron chi connectivity index (χ2n) is 3.09. The van der Waals surface area contributed by atoms with E-state index in [1.165, 1.54) is 6.07 Å². The first-order chi connectivity index (χ1) is 6.25. The third-order valence-corrected chi connectivity index (χ3v) is 1.99. The van der Waals surface area contributed by atoms with Gasteiger partial charge < -0.3 is 4.74 Å². The van der Waals surface area contributed by atoms with Gasteiger partial charge in [-0.2, -0.15) is 0 Å². The molecular weight excluding hydrogens is 170 g/mol. The smallest absolute Gasteiger partial charge is 0.269 e. The third-order valence-electron chi connectivity index (χ3n) is 1.99. The Kier molecular flexibility index (Phi) is 1.98. The van der Waals surface area contributed by atoms with Crippen molar-refractivity contribution in [2.75, 3.05) is 6.61 Å². The number of epoxide rings is 1. The standard InChI is InChI=1S/C9H9NO3/c11-10(12)8-3-1-2-7(4-8)5-9-6-13-9/h1-4,9H,5-6H2/t9-/m1/s1. The Balaban J connectivity index is 2.15. The van der Waals surface area contributed by atoms with Crippen molar-refractivity contribution in [1.29, 1.82) is 0 Å². The molecule has 1 atom stereocenters. The molecule has 2 rings (SSSR count). The fourth-order valence-electron chi connectivity index (χ4n) is 1.25. The summed E-state index contributed by atoms with van der Waals surface area (Å²) in [6, 6.07) is 6.68. The molecule has 0 saturated carbocycles. The Labute approximate surface area is 75.3 Å². The van der Waals surface area contributed by atoms with Crippen molar-refractivity contribution in [1.82, 2.24) is 0 Å². The molecular formula is C9H9NO3. The van der Waals surface area contributed by atoms with E-state index in [9.17, 15) is 10.1 Å². The molecule has 0 spiro atoms. The van der Waals surface area contributed by atoms with Gasteiger partial charge in [-0.25, -0.2) is 0 Å². The van der Waals surface area contributed by atoms with Crippen LogP contribution in [0, 0.1) is 10.1 Å². The molecule has 1 aliphatic heterocycles. The molecule has 13 heavy (non-hydrogen) atoms. The third kappa shape index (κ3) is 2.03. The van der Waals surface area contributed by atoms with Crippen molar-refractivity contribution >= 4 is 5.69 Å². The Morgan fingerprint density at radius 1 is 1.62 bits per heavy atom. The molecule has 1 aliphatic rings. The van der Waals surface area contributed by atoms with E-state index in [-0.39, 0.29) is 16.7 Å². The highest BCUT2D eigenvalue weighted by atomic mass is 16.6. The van der Waals surface area contributed by atoms with Crippen LogP contribution in [0.2, 0.25) is 0 Å². The van der Waals surface area contributed by atoms with Gasteiger partial charge >= 0.3 is 0 Å². The Morgan fingerprint density at radius 3 is 3.00 bits per heavy atom. The fourth-order valence-corrected chi connectivity index (χ4v) is 1.25. The number of ether oxygens (including phenoxy) is 1. The zero-order valence-electron chi connectivity index (χ0n) is 6.97. The van der Waals surface area contributed by atoms with E-state index in [1.807, 2.05) is 6.07 Å². The van der Waals surface area contributed by atoms with E-state index in [0.717, 1.165) is 18.6 Å². The first-order valence-electron chi connectivity index (χ1n) is 4.10. The van der Waals surface area contributed by atoms with E-state index in [2.05, 4.69) is 0 Å². The van der Waals surface area contributed by atoms with Gasteiger partial charge in [-0.05, 0) is 5.56 Å². The molecule has 4 nitrogen and oxygen atoms in total. The summed E-state index contributed by atoms with van der Waals surface area (Å²) in [5.41, 5.74) is 1.12. The summed E-state index contributed by atoms with van der Waals surface area (Å²) in [4.78, 5) is 10.1. The van der Waals surface area contributed by atoms with Crippen LogP contribution in [0.3, 0.4) is 0 Å². The first kappa shape index (κ1) is 8.19. The van der Waals surface area contributed by atoms with Crippen molar-refractivity contribution < 1.29 is 9.66 Å². The summed E-state index contributed by atoms with van der Waals surface area (Å²) < 4.78 is 5.04. The lowest BCUT2D eigenvalue weighted by atomic mass is 10.1. The number of nitro groups is 1. The van der Waals surface area contributed by atoms with E-state index < -0.39 is 0 Å². The number of hydrogen-bond donors (Lipinski definition) is 0. The number of benzene rings is 1. The number of rotatable bonds is 3. The Hall–Kier alpha value is -1.42. The van der Waals surface area contributed by atoms with Gasteiger partial charge in [-0.1, -0.05) is 12.1 Å². The van der Waals surface area contributed by atoms with Gasteiger partial charge in [0.05, 0.1) is 17.6 Å². The van der Waals surface area contributed by atoms with Crippen LogP contribution in [0.5, 0.6) is 0 Å². The predicted octanol–water partition coefficient (Wildman–Crippen LogP) is 1.54. The zero-order valence-corrected chi connectivity index (χ0v) is 6.97. The van der Waals surface area contributed by atoms with Crippen molar-refractivity contribution in [3.63, 3.8) is 0 Å². The average Bonchev–Trinajstić information content (AvgIpc) is 2.89. The molecule has 1 saturated heterocycles. The largest absolute Gasteiger partial charge is 0.373 e. The lowest BCUT2D eigenvalue weighted by Gasteiger charge is -1.96. The van der Waals surface area contributed by atoms with Crippen LogP contribution in [0.15, 0.2) is 24.3 Å². The second kappa shape index (κ2) is 3.14. The molecule has 0 radical (unpaired) electrons. The Morgan fingerprint density at radius 2 is 2.38 bits per heavy atom.